The highest BCUT2D eigenvalue weighted by molar-refractivity contribution is 7.92. The van der Waals surface area contributed by atoms with E-state index in [9.17, 15) is 8.42 Å². The van der Waals surface area contributed by atoms with E-state index in [0.717, 1.165) is 32.0 Å². The maximum absolute atomic E-state index is 12.5. The summed E-state index contributed by atoms with van der Waals surface area (Å²) in [4.78, 5) is 9.18. The monoisotopic (exact) mass is 346 g/mol. The summed E-state index contributed by atoms with van der Waals surface area (Å²) < 4.78 is 27.6. The summed E-state index contributed by atoms with van der Waals surface area (Å²) >= 11 is 0. The highest BCUT2D eigenvalue weighted by Gasteiger charge is 2.18. The van der Waals surface area contributed by atoms with Crippen molar-refractivity contribution in [2.45, 2.75) is 11.8 Å². The van der Waals surface area contributed by atoms with Crippen LogP contribution >= 0.6 is 0 Å². The average Bonchev–Trinajstić information content (AvgIpc) is 2.56. The first-order valence-electron chi connectivity index (χ1n) is 7.94. The standard InChI is InChI=1S/C17H22N4O2S/c1-14-5-3-4-6-16(14)24(22,23)19-15-7-8-17(18-13-15)21-11-9-20(2)10-12-21/h3-8,13,19H,9-12H2,1-2H3. The molecule has 0 unspecified atom stereocenters. The van der Waals surface area contributed by atoms with Crippen molar-refractivity contribution in [1.82, 2.24) is 9.88 Å². The smallest absolute Gasteiger partial charge is 0.262 e. The van der Waals surface area contributed by atoms with Gasteiger partial charge in [0.1, 0.15) is 5.82 Å². The predicted octanol–water partition coefficient (Wildman–Crippen LogP) is 1.94. The summed E-state index contributed by atoms with van der Waals surface area (Å²) in [5.74, 6) is 0.877. The Balaban J connectivity index is 1.73. The van der Waals surface area contributed by atoms with Crippen LogP contribution in [0, 0.1) is 6.92 Å². The molecule has 0 aliphatic carbocycles. The molecule has 0 amide bonds. The molecule has 2 heterocycles. The van der Waals surface area contributed by atoms with E-state index in [1.54, 1.807) is 37.4 Å². The lowest BCUT2D eigenvalue weighted by molar-refractivity contribution is 0.312. The van der Waals surface area contributed by atoms with Crippen LogP contribution in [0.15, 0.2) is 47.5 Å². The van der Waals surface area contributed by atoms with Gasteiger partial charge in [0, 0.05) is 26.2 Å². The number of hydrogen-bond donors (Lipinski definition) is 1. The molecular weight excluding hydrogens is 324 g/mol. The zero-order chi connectivity index (χ0) is 17.2. The Kier molecular flexibility index (Phi) is 4.73. The maximum atomic E-state index is 12.5. The Labute approximate surface area is 143 Å². The Morgan fingerprint density at radius 2 is 1.75 bits per heavy atom. The van der Waals surface area contributed by atoms with E-state index in [1.807, 2.05) is 12.1 Å². The van der Waals surface area contributed by atoms with E-state index in [4.69, 9.17) is 0 Å². The fourth-order valence-corrected chi connectivity index (χ4v) is 4.03. The van der Waals surface area contributed by atoms with Gasteiger partial charge in [-0.25, -0.2) is 13.4 Å². The molecule has 3 rings (SSSR count). The third kappa shape index (κ3) is 3.68. The molecule has 0 atom stereocenters. The number of pyridine rings is 1. The number of rotatable bonds is 4. The molecular formula is C17H22N4O2S. The molecule has 7 heteroatoms. The molecule has 1 fully saturated rings. The van der Waals surface area contributed by atoms with Crippen molar-refractivity contribution in [3.63, 3.8) is 0 Å². The van der Waals surface area contributed by atoms with Gasteiger partial charge in [-0.1, -0.05) is 18.2 Å². The Morgan fingerprint density at radius 3 is 2.38 bits per heavy atom. The quantitative estimate of drug-likeness (QED) is 0.916. The van der Waals surface area contributed by atoms with Crippen molar-refractivity contribution in [2.24, 2.45) is 0 Å². The molecule has 128 valence electrons. The van der Waals surface area contributed by atoms with Crippen LogP contribution in [0.2, 0.25) is 0 Å². The van der Waals surface area contributed by atoms with Crippen molar-refractivity contribution >= 4 is 21.5 Å². The zero-order valence-electron chi connectivity index (χ0n) is 13.9. The number of aryl methyl sites for hydroxylation is 1. The lowest BCUT2D eigenvalue weighted by atomic mass is 10.2. The lowest BCUT2D eigenvalue weighted by Gasteiger charge is -2.33. The van der Waals surface area contributed by atoms with Gasteiger partial charge in [0.25, 0.3) is 10.0 Å². The number of nitrogens with zero attached hydrogens (tertiary/aromatic N) is 3. The van der Waals surface area contributed by atoms with E-state index in [2.05, 4.69) is 26.6 Å². The third-order valence-electron chi connectivity index (χ3n) is 4.21. The van der Waals surface area contributed by atoms with Gasteiger partial charge >= 0.3 is 0 Å². The first-order chi connectivity index (χ1) is 11.5. The number of hydrogen-bond acceptors (Lipinski definition) is 5. The van der Waals surface area contributed by atoms with Crippen molar-refractivity contribution in [3.05, 3.63) is 48.2 Å². The van der Waals surface area contributed by atoms with Crippen LogP contribution in [0.5, 0.6) is 0 Å². The van der Waals surface area contributed by atoms with E-state index in [0.29, 0.717) is 11.3 Å². The van der Waals surface area contributed by atoms with Crippen LogP contribution in [0.1, 0.15) is 5.56 Å². The molecule has 0 spiro atoms. The molecule has 2 aromatic rings. The fraction of sp³-hybridized carbons (Fsp3) is 0.353. The van der Waals surface area contributed by atoms with Crippen molar-refractivity contribution in [2.75, 3.05) is 42.8 Å². The van der Waals surface area contributed by atoms with Crippen molar-refractivity contribution < 1.29 is 8.42 Å². The minimum Gasteiger partial charge on any atom is -0.354 e. The first-order valence-corrected chi connectivity index (χ1v) is 9.42. The predicted molar refractivity (Wildman–Crippen MR) is 95.9 cm³/mol. The summed E-state index contributed by atoms with van der Waals surface area (Å²) in [6.45, 7) is 5.64. The van der Waals surface area contributed by atoms with Crippen LogP contribution in [0.3, 0.4) is 0 Å². The third-order valence-corrected chi connectivity index (χ3v) is 5.75. The molecule has 0 saturated carbocycles. The van der Waals surface area contributed by atoms with Crippen LogP contribution in [-0.4, -0.2) is 51.5 Å². The summed E-state index contributed by atoms with van der Waals surface area (Å²) in [6, 6.07) is 10.5. The van der Waals surface area contributed by atoms with Crippen LogP contribution in [-0.2, 0) is 10.0 Å². The fourth-order valence-electron chi connectivity index (χ4n) is 2.74. The zero-order valence-corrected chi connectivity index (χ0v) is 14.8. The normalized spacial score (nSPS) is 16.2. The van der Waals surface area contributed by atoms with Crippen molar-refractivity contribution in [3.8, 4) is 0 Å². The van der Waals surface area contributed by atoms with Gasteiger partial charge in [0.2, 0.25) is 0 Å². The van der Waals surface area contributed by atoms with Gasteiger partial charge in [-0.15, -0.1) is 0 Å². The molecule has 0 bridgehead atoms. The number of aromatic nitrogens is 1. The van der Waals surface area contributed by atoms with Gasteiger partial charge in [-0.05, 0) is 37.7 Å². The minimum absolute atomic E-state index is 0.285. The molecule has 1 aliphatic rings. The largest absolute Gasteiger partial charge is 0.354 e. The number of likely N-dealkylation sites (N-methyl/N-ethyl adjacent to an activating group) is 1. The minimum atomic E-state index is -3.60. The van der Waals surface area contributed by atoms with Gasteiger partial charge in [0.05, 0.1) is 16.8 Å². The van der Waals surface area contributed by atoms with Gasteiger partial charge in [-0.3, -0.25) is 4.72 Å². The second-order valence-electron chi connectivity index (χ2n) is 6.07. The maximum Gasteiger partial charge on any atom is 0.262 e. The molecule has 24 heavy (non-hydrogen) atoms. The van der Waals surface area contributed by atoms with E-state index in [1.165, 1.54) is 0 Å². The Hall–Kier alpha value is -2.12. The Morgan fingerprint density at radius 1 is 1.04 bits per heavy atom. The number of nitrogens with one attached hydrogen (secondary N) is 1. The molecule has 1 saturated heterocycles. The molecule has 1 aliphatic heterocycles. The van der Waals surface area contributed by atoms with Crippen LogP contribution in [0.4, 0.5) is 11.5 Å². The molecule has 1 aromatic carbocycles. The number of benzene rings is 1. The van der Waals surface area contributed by atoms with E-state index < -0.39 is 10.0 Å². The van der Waals surface area contributed by atoms with Gasteiger partial charge < -0.3 is 9.80 Å². The molecule has 1 aromatic heterocycles. The average molecular weight is 346 g/mol. The number of sulfonamides is 1. The molecule has 1 N–H and O–H groups in total. The number of anilines is 2. The van der Waals surface area contributed by atoms with Gasteiger partial charge in [-0.2, -0.15) is 0 Å². The molecule has 6 nitrogen and oxygen atoms in total. The van der Waals surface area contributed by atoms with Crippen LogP contribution < -0.4 is 9.62 Å². The highest BCUT2D eigenvalue weighted by atomic mass is 32.2. The second-order valence-corrected chi connectivity index (χ2v) is 7.72. The SMILES string of the molecule is Cc1ccccc1S(=O)(=O)Nc1ccc(N2CCN(C)CC2)nc1. The van der Waals surface area contributed by atoms with E-state index >= 15 is 0 Å². The first kappa shape index (κ1) is 16.7. The second kappa shape index (κ2) is 6.78. The Bertz CT molecular complexity index is 798. The topological polar surface area (TPSA) is 65.5 Å². The summed E-state index contributed by atoms with van der Waals surface area (Å²) in [6.07, 6.45) is 1.57. The summed E-state index contributed by atoms with van der Waals surface area (Å²) in [7, 11) is -1.49. The van der Waals surface area contributed by atoms with E-state index in [-0.39, 0.29) is 4.90 Å². The van der Waals surface area contributed by atoms with Crippen LogP contribution in [0.25, 0.3) is 0 Å². The lowest BCUT2D eigenvalue weighted by Crippen LogP contribution is -2.44. The molecule has 0 radical (unpaired) electrons. The van der Waals surface area contributed by atoms with Gasteiger partial charge in [0.15, 0.2) is 0 Å². The summed E-state index contributed by atoms with van der Waals surface area (Å²) in [5, 5.41) is 0. The van der Waals surface area contributed by atoms with Crippen molar-refractivity contribution in [1.29, 1.82) is 0 Å². The number of piperazine rings is 1. The highest BCUT2D eigenvalue weighted by Crippen LogP contribution is 2.20. The summed E-state index contributed by atoms with van der Waals surface area (Å²) in [5.41, 5.74) is 1.18.